The highest BCUT2D eigenvalue weighted by molar-refractivity contribution is 6.07. The maximum atomic E-state index is 12.9. The highest BCUT2D eigenvalue weighted by Gasteiger charge is 2.17. The van der Waals surface area contributed by atoms with Gasteiger partial charge in [0.15, 0.2) is 0 Å². The number of ether oxygens (including phenoxy) is 1. The zero-order chi connectivity index (χ0) is 27.1. The predicted octanol–water partition coefficient (Wildman–Crippen LogP) is 2.34. The number of aryl methyl sites for hydroxylation is 2. The number of hydrogen-bond acceptors (Lipinski definition) is 6. The Morgan fingerprint density at radius 2 is 1.32 bits per heavy atom. The SMILES string of the molecule is COC(=O)c1ccc(C(=O)Nc2cc(C(=O)Nc3cc(C(=O)NCCCN(C)C)n(C)c3)n(C)c2)cc1. The Bertz CT molecular complexity index is 1290. The zero-order valence-electron chi connectivity index (χ0n) is 21.6. The van der Waals surface area contributed by atoms with Crippen molar-refractivity contribution in [2.24, 2.45) is 14.1 Å². The lowest BCUT2D eigenvalue weighted by Gasteiger charge is -2.10. The number of esters is 1. The smallest absolute Gasteiger partial charge is 0.337 e. The number of methoxy groups -OCH3 is 1. The monoisotopic (exact) mass is 508 g/mol. The molecular weight excluding hydrogens is 476 g/mol. The minimum atomic E-state index is -0.489. The van der Waals surface area contributed by atoms with Crippen LogP contribution in [0.4, 0.5) is 11.4 Å². The Balaban J connectivity index is 1.62. The molecule has 0 unspecified atom stereocenters. The molecule has 0 bridgehead atoms. The van der Waals surface area contributed by atoms with Gasteiger partial charge < -0.3 is 34.7 Å². The van der Waals surface area contributed by atoms with Crippen molar-refractivity contribution in [3.05, 3.63) is 71.3 Å². The molecule has 196 valence electrons. The molecule has 0 spiro atoms. The lowest BCUT2D eigenvalue weighted by atomic mass is 10.1. The maximum absolute atomic E-state index is 12.9. The highest BCUT2D eigenvalue weighted by Crippen LogP contribution is 2.18. The Labute approximate surface area is 215 Å². The van der Waals surface area contributed by atoms with E-state index < -0.39 is 17.8 Å². The second kappa shape index (κ2) is 12.0. The molecule has 1 aromatic carbocycles. The third kappa shape index (κ3) is 7.07. The molecule has 2 aromatic heterocycles. The second-order valence-electron chi connectivity index (χ2n) is 8.84. The molecule has 0 aliphatic carbocycles. The summed E-state index contributed by atoms with van der Waals surface area (Å²) in [5, 5.41) is 8.42. The van der Waals surface area contributed by atoms with Crippen LogP contribution in [-0.2, 0) is 18.8 Å². The Morgan fingerprint density at radius 3 is 1.86 bits per heavy atom. The number of rotatable bonds is 10. The molecule has 37 heavy (non-hydrogen) atoms. The molecular formula is C26H32N6O5. The van der Waals surface area contributed by atoms with Crippen molar-refractivity contribution in [3.63, 3.8) is 0 Å². The van der Waals surface area contributed by atoms with Gasteiger partial charge in [-0.15, -0.1) is 0 Å². The topological polar surface area (TPSA) is 127 Å². The van der Waals surface area contributed by atoms with Crippen LogP contribution in [0.5, 0.6) is 0 Å². The van der Waals surface area contributed by atoms with Gasteiger partial charge in [0.25, 0.3) is 17.7 Å². The average molecular weight is 509 g/mol. The van der Waals surface area contributed by atoms with Gasteiger partial charge >= 0.3 is 5.97 Å². The molecule has 3 aromatic rings. The molecule has 0 atom stereocenters. The predicted molar refractivity (Wildman–Crippen MR) is 140 cm³/mol. The molecule has 0 aliphatic heterocycles. The number of benzene rings is 1. The quantitative estimate of drug-likeness (QED) is 0.285. The summed E-state index contributed by atoms with van der Waals surface area (Å²) in [5.74, 6) is -1.49. The van der Waals surface area contributed by atoms with Gasteiger partial charge in [0.1, 0.15) is 11.4 Å². The summed E-state index contributed by atoms with van der Waals surface area (Å²) in [6.45, 7) is 1.42. The van der Waals surface area contributed by atoms with E-state index in [0.29, 0.717) is 40.4 Å². The third-order valence-corrected chi connectivity index (χ3v) is 5.63. The summed E-state index contributed by atoms with van der Waals surface area (Å²) in [4.78, 5) is 51.6. The fourth-order valence-electron chi connectivity index (χ4n) is 3.68. The van der Waals surface area contributed by atoms with Crippen molar-refractivity contribution in [1.29, 1.82) is 0 Å². The summed E-state index contributed by atoms with van der Waals surface area (Å²) < 4.78 is 7.90. The molecule has 3 amide bonds. The standard InChI is InChI=1S/C26H32N6O5/c1-30(2)12-6-11-27-24(34)21-13-20(16-31(21)3)29-25(35)22-14-19(15-32(22)4)28-23(33)17-7-9-18(10-8-17)26(36)37-5/h7-10,13-16H,6,11-12H2,1-5H3,(H,27,34)(H,28,33)(H,29,35). The van der Waals surface area contributed by atoms with Crippen molar-refractivity contribution < 1.29 is 23.9 Å². The number of carbonyl (C=O) groups is 4. The minimum Gasteiger partial charge on any atom is -0.465 e. The van der Waals surface area contributed by atoms with E-state index in [1.807, 2.05) is 19.0 Å². The van der Waals surface area contributed by atoms with Crippen molar-refractivity contribution in [3.8, 4) is 0 Å². The molecule has 11 heteroatoms. The number of aromatic nitrogens is 2. The molecule has 0 radical (unpaired) electrons. The Morgan fingerprint density at radius 1 is 0.811 bits per heavy atom. The summed E-state index contributed by atoms with van der Waals surface area (Å²) in [6.07, 6.45) is 4.11. The van der Waals surface area contributed by atoms with Gasteiger partial charge in [0, 0.05) is 38.6 Å². The van der Waals surface area contributed by atoms with E-state index >= 15 is 0 Å². The van der Waals surface area contributed by atoms with Gasteiger partial charge in [-0.25, -0.2) is 4.79 Å². The van der Waals surface area contributed by atoms with Crippen LogP contribution in [0, 0.1) is 0 Å². The zero-order valence-corrected chi connectivity index (χ0v) is 21.6. The number of amides is 3. The number of anilines is 2. The number of nitrogens with one attached hydrogen (secondary N) is 3. The molecule has 11 nitrogen and oxygen atoms in total. The van der Waals surface area contributed by atoms with Crippen LogP contribution >= 0.6 is 0 Å². The van der Waals surface area contributed by atoms with E-state index in [2.05, 4.69) is 20.7 Å². The molecule has 0 aliphatic rings. The molecule has 2 heterocycles. The maximum Gasteiger partial charge on any atom is 0.337 e. The first-order valence-electron chi connectivity index (χ1n) is 11.7. The number of hydrogen-bond donors (Lipinski definition) is 3. The van der Waals surface area contributed by atoms with Crippen LogP contribution in [0.2, 0.25) is 0 Å². The Kier molecular flexibility index (Phi) is 8.86. The Hall–Kier alpha value is -4.38. The first-order chi connectivity index (χ1) is 17.6. The molecule has 0 fully saturated rings. The van der Waals surface area contributed by atoms with E-state index in [-0.39, 0.29) is 5.91 Å². The lowest BCUT2D eigenvalue weighted by Crippen LogP contribution is -2.28. The van der Waals surface area contributed by atoms with Crippen LogP contribution < -0.4 is 16.0 Å². The molecule has 3 rings (SSSR count). The number of nitrogens with zero attached hydrogens (tertiary/aromatic N) is 3. The fraction of sp³-hybridized carbons (Fsp3) is 0.308. The van der Waals surface area contributed by atoms with Gasteiger partial charge in [-0.1, -0.05) is 0 Å². The average Bonchev–Trinajstić information content (AvgIpc) is 3.42. The minimum absolute atomic E-state index is 0.217. The van der Waals surface area contributed by atoms with Crippen molar-refractivity contribution in [1.82, 2.24) is 19.4 Å². The fourth-order valence-corrected chi connectivity index (χ4v) is 3.68. The van der Waals surface area contributed by atoms with E-state index in [1.54, 1.807) is 47.8 Å². The van der Waals surface area contributed by atoms with Crippen molar-refractivity contribution in [2.75, 3.05) is 44.9 Å². The largest absolute Gasteiger partial charge is 0.465 e. The first-order valence-corrected chi connectivity index (χ1v) is 11.7. The molecule has 0 saturated carbocycles. The van der Waals surface area contributed by atoms with Crippen molar-refractivity contribution in [2.45, 2.75) is 6.42 Å². The summed E-state index contributed by atoms with van der Waals surface area (Å²) in [5.41, 5.74) is 2.33. The first kappa shape index (κ1) is 27.2. The normalized spacial score (nSPS) is 10.8. The van der Waals surface area contributed by atoms with Gasteiger partial charge in [0.05, 0.1) is 24.0 Å². The van der Waals surface area contributed by atoms with Gasteiger partial charge in [-0.3, -0.25) is 14.4 Å². The van der Waals surface area contributed by atoms with Crippen LogP contribution in [0.25, 0.3) is 0 Å². The van der Waals surface area contributed by atoms with Crippen LogP contribution in [0.3, 0.4) is 0 Å². The van der Waals surface area contributed by atoms with E-state index in [9.17, 15) is 19.2 Å². The summed E-state index contributed by atoms with van der Waals surface area (Å²) >= 11 is 0. The van der Waals surface area contributed by atoms with Crippen LogP contribution in [-0.4, -0.2) is 72.0 Å². The van der Waals surface area contributed by atoms with Crippen LogP contribution in [0.15, 0.2) is 48.8 Å². The van der Waals surface area contributed by atoms with Gasteiger partial charge in [-0.2, -0.15) is 0 Å². The van der Waals surface area contributed by atoms with Gasteiger partial charge in [0.2, 0.25) is 0 Å². The second-order valence-corrected chi connectivity index (χ2v) is 8.84. The van der Waals surface area contributed by atoms with E-state index in [1.165, 1.54) is 31.4 Å². The van der Waals surface area contributed by atoms with Gasteiger partial charge in [-0.05, 0) is 63.5 Å². The van der Waals surface area contributed by atoms with Crippen LogP contribution in [0.1, 0.15) is 48.1 Å². The number of carbonyl (C=O) groups excluding carboxylic acids is 4. The lowest BCUT2D eigenvalue weighted by molar-refractivity contribution is 0.0600. The van der Waals surface area contributed by atoms with E-state index in [4.69, 9.17) is 0 Å². The summed E-state index contributed by atoms with van der Waals surface area (Å²) in [7, 11) is 8.66. The third-order valence-electron chi connectivity index (χ3n) is 5.63. The van der Waals surface area contributed by atoms with Crippen molar-refractivity contribution >= 4 is 35.1 Å². The highest BCUT2D eigenvalue weighted by atomic mass is 16.5. The summed E-state index contributed by atoms with van der Waals surface area (Å²) in [6, 6.07) is 9.21. The molecule has 0 saturated heterocycles. The molecule has 3 N–H and O–H groups in total. The van der Waals surface area contributed by atoms with E-state index in [0.717, 1.165) is 13.0 Å².